The third-order valence-electron chi connectivity index (χ3n) is 2.50. The molecule has 0 aliphatic heterocycles. The lowest BCUT2D eigenvalue weighted by Gasteiger charge is -2.09. The molecule has 0 amide bonds. The molecule has 0 saturated heterocycles. The second-order valence-corrected chi connectivity index (χ2v) is 4.03. The first-order valence-corrected chi connectivity index (χ1v) is 5.96. The van der Waals surface area contributed by atoms with Gasteiger partial charge >= 0.3 is 0 Å². The Kier molecular flexibility index (Phi) is 3.81. The molecule has 0 fully saturated rings. The Labute approximate surface area is 111 Å². The summed E-state index contributed by atoms with van der Waals surface area (Å²) in [6.45, 7) is 1.86. The first-order chi connectivity index (χ1) is 8.74. The Morgan fingerprint density at radius 3 is 2.83 bits per heavy atom. The van der Waals surface area contributed by atoms with Gasteiger partial charge in [-0.25, -0.2) is 0 Å². The van der Waals surface area contributed by atoms with E-state index in [1.54, 1.807) is 24.4 Å². The van der Waals surface area contributed by atoms with E-state index in [1.165, 1.54) is 0 Å². The van der Waals surface area contributed by atoms with E-state index in [2.05, 4.69) is 11.1 Å². The van der Waals surface area contributed by atoms with Crippen molar-refractivity contribution >= 4 is 11.6 Å². The number of benzene rings is 1. The van der Waals surface area contributed by atoms with Gasteiger partial charge in [0.05, 0.1) is 11.3 Å². The number of ether oxygens (including phenoxy) is 1. The van der Waals surface area contributed by atoms with Gasteiger partial charge in [-0.2, -0.15) is 5.26 Å². The summed E-state index contributed by atoms with van der Waals surface area (Å²) in [6, 6.07) is 11.0. The number of nitriles is 1. The molecule has 0 spiro atoms. The fraction of sp³-hybridized carbons (Fsp3) is 0.143. The van der Waals surface area contributed by atoms with Crippen LogP contribution in [0, 0.1) is 18.3 Å². The standard InChI is InChI=1S/C14H11ClN2O/c1-10-13(3-2-6-17-10)18-14-5-4-11(8-15)7-12(14)9-16/h2-7H,8H2,1H3. The largest absolute Gasteiger partial charge is 0.454 e. The third-order valence-corrected chi connectivity index (χ3v) is 2.81. The molecule has 0 bridgehead atoms. The lowest BCUT2D eigenvalue weighted by atomic mass is 10.1. The van der Waals surface area contributed by atoms with E-state index in [0.29, 0.717) is 22.9 Å². The SMILES string of the molecule is Cc1ncccc1Oc1ccc(CCl)cc1C#N. The molecule has 0 N–H and O–H groups in total. The van der Waals surface area contributed by atoms with E-state index < -0.39 is 0 Å². The summed E-state index contributed by atoms with van der Waals surface area (Å²) in [5.41, 5.74) is 2.14. The number of rotatable bonds is 3. The van der Waals surface area contributed by atoms with Crippen LogP contribution in [-0.4, -0.2) is 4.98 Å². The molecule has 1 heterocycles. The number of halogens is 1. The van der Waals surface area contributed by atoms with Gasteiger partial charge in [-0.15, -0.1) is 11.6 Å². The molecule has 1 aromatic carbocycles. The Morgan fingerprint density at radius 2 is 2.17 bits per heavy atom. The van der Waals surface area contributed by atoms with Crippen LogP contribution in [0.5, 0.6) is 11.5 Å². The first-order valence-electron chi connectivity index (χ1n) is 5.43. The summed E-state index contributed by atoms with van der Waals surface area (Å²) in [4.78, 5) is 4.14. The number of hydrogen-bond donors (Lipinski definition) is 0. The zero-order valence-electron chi connectivity index (χ0n) is 9.85. The average molecular weight is 259 g/mol. The fourth-order valence-corrected chi connectivity index (χ4v) is 1.70. The summed E-state index contributed by atoms with van der Waals surface area (Å²) in [6.07, 6.45) is 1.70. The summed E-state index contributed by atoms with van der Waals surface area (Å²) >= 11 is 5.73. The fourth-order valence-electron chi connectivity index (χ4n) is 1.53. The maximum atomic E-state index is 9.10. The Morgan fingerprint density at radius 1 is 1.33 bits per heavy atom. The molecule has 0 aliphatic carbocycles. The highest BCUT2D eigenvalue weighted by Gasteiger charge is 2.07. The van der Waals surface area contributed by atoms with Gasteiger partial charge < -0.3 is 4.74 Å². The van der Waals surface area contributed by atoms with Gasteiger partial charge in [0.25, 0.3) is 0 Å². The molecule has 0 aliphatic rings. The molecule has 0 unspecified atom stereocenters. The van der Waals surface area contributed by atoms with Gasteiger partial charge in [0.1, 0.15) is 17.6 Å². The highest BCUT2D eigenvalue weighted by molar-refractivity contribution is 6.17. The highest BCUT2D eigenvalue weighted by Crippen LogP contribution is 2.27. The minimum atomic E-state index is 0.376. The van der Waals surface area contributed by atoms with Gasteiger partial charge in [0, 0.05) is 12.1 Å². The molecule has 2 aromatic rings. The molecule has 18 heavy (non-hydrogen) atoms. The average Bonchev–Trinajstić information content (AvgIpc) is 2.41. The molecule has 2 rings (SSSR count). The maximum Gasteiger partial charge on any atom is 0.148 e. The number of hydrogen-bond acceptors (Lipinski definition) is 3. The second kappa shape index (κ2) is 5.52. The Bertz CT molecular complexity index is 605. The van der Waals surface area contributed by atoms with Gasteiger partial charge in [-0.3, -0.25) is 4.98 Å². The van der Waals surface area contributed by atoms with Crippen LogP contribution in [0.1, 0.15) is 16.8 Å². The number of nitrogens with zero attached hydrogens (tertiary/aromatic N) is 2. The summed E-state index contributed by atoms with van der Waals surface area (Å²) in [5.74, 6) is 1.54. The van der Waals surface area contributed by atoms with Crippen molar-refractivity contribution in [1.82, 2.24) is 4.98 Å². The van der Waals surface area contributed by atoms with E-state index in [-0.39, 0.29) is 0 Å². The molecule has 0 saturated carbocycles. The van der Waals surface area contributed by atoms with Crippen LogP contribution in [0.3, 0.4) is 0 Å². The smallest absolute Gasteiger partial charge is 0.148 e. The quantitative estimate of drug-likeness (QED) is 0.787. The number of alkyl halides is 1. The van der Waals surface area contributed by atoms with E-state index in [4.69, 9.17) is 21.6 Å². The molecule has 4 heteroatoms. The summed E-state index contributed by atoms with van der Waals surface area (Å²) in [7, 11) is 0. The second-order valence-electron chi connectivity index (χ2n) is 3.76. The topological polar surface area (TPSA) is 45.9 Å². The lowest BCUT2D eigenvalue weighted by Crippen LogP contribution is -1.93. The van der Waals surface area contributed by atoms with Gasteiger partial charge in [-0.1, -0.05) is 6.07 Å². The van der Waals surface area contributed by atoms with Crippen molar-refractivity contribution in [2.45, 2.75) is 12.8 Å². The van der Waals surface area contributed by atoms with Crippen molar-refractivity contribution < 1.29 is 4.74 Å². The van der Waals surface area contributed by atoms with E-state index in [0.717, 1.165) is 11.3 Å². The molecule has 3 nitrogen and oxygen atoms in total. The monoisotopic (exact) mass is 258 g/mol. The van der Waals surface area contributed by atoms with Crippen LogP contribution < -0.4 is 4.74 Å². The minimum Gasteiger partial charge on any atom is -0.454 e. The maximum absolute atomic E-state index is 9.10. The van der Waals surface area contributed by atoms with Gasteiger partial charge in [-0.05, 0) is 36.8 Å². The zero-order chi connectivity index (χ0) is 13.0. The molecule has 0 atom stereocenters. The predicted octanol–water partition coefficient (Wildman–Crippen LogP) is 3.79. The molecule has 0 radical (unpaired) electrons. The van der Waals surface area contributed by atoms with E-state index in [1.807, 2.05) is 19.1 Å². The normalized spacial score (nSPS) is 9.83. The molecule has 1 aromatic heterocycles. The van der Waals surface area contributed by atoms with E-state index in [9.17, 15) is 0 Å². The van der Waals surface area contributed by atoms with Gasteiger partial charge in [0.15, 0.2) is 0 Å². The van der Waals surface area contributed by atoms with Crippen LogP contribution in [0.4, 0.5) is 0 Å². The minimum absolute atomic E-state index is 0.376. The van der Waals surface area contributed by atoms with Crippen LogP contribution in [0.15, 0.2) is 36.5 Å². The number of pyridine rings is 1. The first kappa shape index (κ1) is 12.4. The van der Waals surface area contributed by atoms with E-state index >= 15 is 0 Å². The van der Waals surface area contributed by atoms with Crippen molar-refractivity contribution in [3.63, 3.8) is 0 Å². The van der Waals surface area contributed by atoms with Crippen LogP contribution in [-0.2, 0) is 5.88 Å². The van der Waals surface area contributed by atoms with Crippen molar-refractivity contribution in [2.24, 2.45) is 0 Å². The molecular formula is C14H11ClN2O. The Hall–Kier alpha value is -2.05. The van der Waals surface area contributed by atoms with Crippen molar-refractivity contribution in [2.75, 3.05) is 0 Å². The zero-order valence-corrected chi connectivity index (χ0v) is 10.6. The molecular weight excluding hydrogens is 248 g/mol. The predicted molar refractivity (Wildman–Crippen MR) is 69.8 cm³/mol. The number of aromatic nitrogens is 1. The number of aryl methyl sites for hydroxylation is 1. The van der Waals surface area contributed by atoms with Crippen molar-refractivity contribution in [1.29, 1.82) is 5.26 Å². The van der Waals surface area contributed by atoms with Crippen LogP contribution in [0.2, 0.25) is 0 Å². The molecule has 90 valence electrons. The lowest BCUT2D eigenvalue weighted by molar-refractivity contribution is 0.474. The van der Waals surface area contributed by atoms with Crippen LogP contribution >= 0.6 is 11.6 Å². The van der Waals surface area contributed by atoms with Crippen LogP contribution in [0.25, 0.3) is 0 Å². The summed E-state index contributed by atoms with van der Waals surface area (Å²) < 4.78 is 5.70. The van der Waals surface area contributed by atoms with Crippen molar-refractivity contribution in [3.05, 3.63) is 53.3 Å². The van der Waals surface area contributed by atoms with Crippen molar-refractivity contribution in [3.8, 4) is 17.6 Å². The Balaban J connectivity index is 2.35. The van der Waals surface area contributed by atoms with Gasteiger partial charge in [0.2, 0.25) is 0 Å². The third kappa shape index (κ3) is 2.61. The highest BCUT2D eigenvalue weighted by atomic mass is 35.5. The summed E-state index contributed by atoms with van der Waals surface area (Å²) in [5, 5.41) is 9.10.